The van der Waals surface area contributed by atoms with Gasteiger partial charge in [-0.25, -0.2) is 0 Å². The molecule has 0 radical (unpaired) electrons. The second-order valence-corrected chi connectivity index (χ2v) is 15.3. The Bertz CT molecular complexity index is 628. The van der Waals surface area contributed by atoms with E-state index < -0.39 is 13.7 Å². The lowest BCUT2D eigenvalue weighted by atomic mass is 10.1. The first-order valence-electron chi connectivity index (χ1n) is 12.6. The van der Waals surface area contributed by atoms with Crippen LogP contribution >= 0.6 is 0 Å². The zero-order chi connectivity index (χ0) is 23.2. The van der Waals surface area contributed by atoms with Crippen LogP contribution in [0.5, 0.6) is 0 Å². The van der Waals surface area contributed by atoms with Crippen LogP contribution in [0, 0.1) is 0 Å². The Morgan fingerprint density at radius 2 is 1.48 bits per heavy atom. The summed E-state index contributed by atoms with van der Waals surface area (Å²) in [4.78, 5) is 12.6. The standard InChI is InChI=1S/C28H48O2Si/c1-7-8-9-10-11-12-13-14-15-16-18-23-26(24-27(29)30-28(2,3)4)31(5,6)25-21-19-17-20-22-25/h17-23,26H,7-16,24H2,1-6H3/b23-18+/t26-/m1/s1. The summed E-state index contributed by atoms with van der Waals surface area (Å²) in [5.41, 5.74) is -0.177. The van der Waals surface area contributed by atoms with Gasteiger partial charge < -0.3 is 4.74 Å². The number of benzene rings is 1. The van der Waals surface area contributed by atoms with E-state index in [0.29, 0.717) is 6.42 Å². The van der Waals surface area contributed by atoms with Crippen molar-refractivity contribution in [3.05, 3.63) is 42.5 Å². The molecule has 1 aromatic carbocycles. The Morgan fingerprint density at radius 3 is 2.03 bits per heavy atom. The predicted octanol–water partition coefficient (Wildman–Crippen LogP) is 8.18. The van der Waals surface area contributed by atoms with Gasteiger partial charge >= 0.3 is 5.97 Å². The molecule has 0 heterocycles. The summed E-state index contributed by atoms with van der Waals surface area (Å²) in [5, 5.41) is 1.40. The fraction of sp³-hybridized carbons (Fsp3) is 0.679. The number of allylic oxidation sites excluding steroid dienone is 2. The van der Waals surface area contributed by atoms with E-state index in [0.717, 1.165) is 6.42 Å². The third-order valence-electron chi connectivity index (χ3n) is 6.09. The van der Waals surface area contributed by atoms with Crippen molar-refractivity contribution in [3.63, 3.8) is 0 Å². The van der Waals surface area contributed by atoms with Crippen molar-refractivity contribution in [1.29, 1.82) is 0 Å². The topological polar surface area (TPSA) is 26.3 Å². The van der Waals surface area contributed by atoms with Crippen molar-refractivity contribution >= 4 is 19.2 Å². The van der Waals surface area contributed by atoms with E-state index in [1.807, 2.05) is 20.8 Å². The Hall–Kier alpha value is -1.35. The van der Waals surface area contributed by atoms with E-state index in [4.69, 9.17) is 4.74 Å². The fourth-order valence-corrected chi connectivity index (χ4v) is 6.82. The van der Waals surface area contributed by atoms with Crippen LogP contribution in [0.2, 0.25) is 18.6 Å². The minimum Gasteiger partial charge on any atom is -0.460 e. The van der Waals surface area contributed by atoms with Gasteiger partial charge in [0.1, 0.15) is 5.60 Å². The zero-order valence-electron chi connectivity index (χ0n) is 21.2. The molecule has 176 valence electrons. The van der Waals surface area contributed by atoms with Crippen LogP contribution in [0.15, 0.2) is 42.5 Å². The van der Waals surface area contributed by atoms with E-state index in [2.05, 4.69) is 62.5 Å². The molecular formula is C28H48O2Si. The van der Waals surface area contributed by atoms with Crippen molar-refractivity contribution in [2.24, 2.45) is 0 Å². The summed E-state index contributed by atoms with van der Waals surface area (Å²) in [7, 11) is -1.83. The molecule has 2 nitrogen and oxygen atoms in total. The van der Waals surface area contributed by atoms with E-state index in [9.17, 15) is 4.79 Å². The molecule has 0 bridgehead atoms. The summed E-state index contributed by atoms with van der Waals surface area (Å²) in [6.07, 6.45) is 18.4. The van der Waals surface area contributed by atoms with Crippen molar-refractivity contribution < 1.29 is 9.53 Å². The van der Waals surface area contributed by atoms with E-state index in [1.165, 1.54) is 63.0 Å². The lowest BCUT2D eigenvalue weighted by Crippen LogP contribution is -2.46. The van der Waals surface area contributed by atoms with Gasteiger partial charge in [-0.1, -0.05) is 119 Å². The van der Waals surface area contributed by atoms with E-state index in [-0.39, 0.29) is 11.5 Å². The number of esters is 1. The highest BCUT2D eigenvalue weighted by atomic mass is 28.3. The molecule has 0 unspecified atom stereocenters. The van der Waals surface area contributed by atoms with Crippen molar-refractivity contribution in [2.45, 2.75) is 123 Å². The molecule has 1 atom stereocenters. The molecule has 0 saturated heterocycles. The van der Waals surface area contributed by atoms with Crippen molar-refractivity contribution in [2.75, 3.05) is 0 Å². The highest BCUT2D eigenvalue weighted by molar-refractivity contribution is 6.91. The Balaban J connectivity index is 2.57. The largest absolute Gasteiger partial charge is 0.460 e. The molecule has 0 fully saturated rings. The second-order valence-electron chi connectivity index (χ2n) is 10.5. The normalized spacial score (nSPS) is 13.5. The Kier molecular flexibility index (Phi) is 13.1. The van der Waals surface area contributed by atoms with Crippen LogP contribution in [-0.4, -0.2) is 19.6 Å². The molecule has 0 amide bonds. The smallest absolute Gasteiger partial charge is 0.306 e. The van der Waals surface area contributed by atoms with Crippen LogP contribution in [0.25, 0.3) is 0 Å². The van der Waals surface area contributed by atoms with E-state index >= 15 is 0 Å². The zero-order valence-corrected chi connectivity index (χ0v) is 22.2. The average molecular weight is 445 g/mol. The number of ether oxygens (including phenoxy) is 1. The lowest BCUT2D eigenvalue weighted by molar-refractivity contribution is -0.154. The number of hydrogen-bond donors (Lipinski definition) is 0. The maximum Gasteiger partial charge on any atom is 0.306 e. The molecule has 0 aromatic heterocycles. The maximum atomic E-state index is 12.6. The fourth-order valence-electron chi connectivity index (χ4n) is 4.04. The molecule has 0 aliphatic heterocycles. The number of carbonyl (C=O) groups excluding carboxylic acids is 1. The third kappa shape index (κ3) is 12.3. The minimum absolute atomic E-state index is 0.0817. The Morgan fingerprint density at radius 1 is 0.935 bits per heavy atom. The van der Waals surface area contributed by atoms with E-state index in [1.54, 1.807) is 0 Å². The summed E-state index contributed by atoms with van der Waals surface area (Å²) in [6.45, 7) is 12.9. The van der Waals surface area contributed by atoms with Crippen molar-refractivity contribution in [3.8, 4) is 0 Å². The molecule has 3 heteroatoms. The van der Waals surface area contributed by atoms with Gasteiger partial charge in [0.2, 0.25) is 0 Å². The molecule has 1 aromatic rings. The summed E-state index contributed by atoms with van der Waals surface area (Å²) >= 11 is 0. The molecule has 0 saturated carbocycles. The summed E-state index contributed by atoms with van der Waals surface area (Å²) < 4.78 is 5.66. The number of hydrogen-bond acceptors (Lipinski definition) is 2. The van der Waals surface area contributed by atoms with Gasteiger partial charge in [-0.2, -0.15) is 0 Å². The highest BCUT2D eigenvalue weighted by Gasteiger charge is 2.34. The average Bonchev–Trinajstić information content (AvgIpc) is 2.70. The lowest BCUT2D eigenvalue weighted by Gasteiger charge is -2.31. The first-order chi connectivity index (χ1) is 14.7. The third-order valence-corrected chi connectivity index (χ3v) is 10.2. The van der Waals surface area contributed by atoms with Gasteiger partial charge in [-0.05, 0) is 39.2 Å². The molecule has 0 spiro atoms. The maximum absolute atomic E-state index is 12.6. The first kappa shape index (κ1) is 27.7. The van der Waals surface area contributed by atoms with Gasteiger partial charge in [0.25, 0.3) is 0 Å². The van der Waals surface area contributed by atoms with Gasteiger partial charge in [-0.15, -0.1) is 0 Å². The number of carbonyl (C=O) groups is 1. The minimum atomic E-state index is -1.83. The number of unbranched alkanes of at least 4 members (excludes halogenated alkanes) is 9. The van der Waals surface area contributed by atoms with Crippen LogP contribution in [0.4, 0.5) is 0 Å². The summed E-state index contributed by atoms with van der Waals surface area (Å²) in [6, 6.07) is 10.7. The molecule has 0 aliphatic rings. The molecule has 0 N–H and O–H groups in total. The molecular weight excluding hydrogens is 396 g/mol. The SMILES string of the molecule is CCCCCCCCCCC/C=C/[C@H](CC(=O)OC(C)(C)C)[Si](C)(C)c1ccccc1. The first-order valence-corrected chi connectivity index (χ1v) is 15.7. The summed E-state index contributed by atoms with van der Waals surface area (Å²) in [5.74, 6) is -0.0817. The van der Waals surface area contributed by atoms with Crippen molar-refractivity contribution in [1.82, 2.24) is 0 Å². The number of rotatable bonds is 15. The Labute approximate surface area is 193 Å². The van der Waals surface area contributed by atoms with Gasteiger partial charge in [-0.3, -0.25) is 4.79 Å². The predicted molar refractivity (Wildman–Crippen MR) is 139 cm³/mol. The monoisotopic (exact) mass is 444 g/mol. The van der Waals surface area contributed by atoms with Gasteiger partial charge in [0.15, 0.2) is 0 Å². The molecule has 1 rings (SSSR count). The second kappa shape index (κ2) is 14.7. The van der Waals surface area contributed by atoms with Crippen LogP contribution in [0.1, 0.15) is 98.3 Å². The highest BCUT2D eigenvalue weighted by Crippen LogP contribution is 2.29. The van der Waals surface area contributed by atoms with Crippen LogP contribution < -0.4 is 5.19 Å². The quantitative estimate of drug-likeness (QED) is 0.118. The molecule has 31 heavy (non-hydrogen) atoms. The molecule has 0 aliphatic carbocycles. The van der Waals surface area contributed by atoms with Gasteiger partial charge in [0.05, 0.1) is 8.07 Å². The van der Waals surface area contributed by atoms with Crippen LogP contribution in [-0.2, 0) is 9.53 Å². The van der Waals surface area contributed by atoms with Crippen LogP contribution in [0.3, 0.4) is 0 Å². The van der Waals surface area contributed by atoms with Gasteiger partial charge in [0, 0.05) is 6.42 Å².